The molecule has 0 saturated heterocycles. The van der Waals surface area contributed by atoms with Crippen LogP contribution in [0.15, 0.2) is 66.7 Å². The molecular formula is C24H25N3O6. The van der Waals surface area contributed by atoms with Gasteiger partial charge < -0.3 is 25.6 Å². The summed E-state index contributed by atoms with van der Waals surface area (Å²) >= 11 is 0. The first-order valence-electron chi connectivity index (χ1n) is 10.4. The number of aromatic nitrogens is 1. The van der Waals surface area contributed by atoms with E-state index in [0.717, 1.165) is 16.5 Å². The van der Waals surface area contributed by atoms with Crippen molar-refractivity contribution < 1.29 is 29.3 Å². The van der Waals surface area contributed by atoms with E-state index in [1.807, 2.05) is 48.5 Å². The highest BCUT2D eigenvalue weighted by Gasteiger charge is 2.23. The molecule has 1 heterocycles. The minimum Gasteiger partial charge on any atom is -0.480 e. The second-order valence-electron chi connectivity index (χ2n) is 7.46. The van der Waals surface area contributed by atoms with E-state index in [1.165, 1.54) is 0 Å². The number of aliphatic carboxylic acids is 1. The van der Waals surface area contributed by atoms with Gasteiger partial charge >= 0.3 is 12.1 Å². The van der Waals surface area contributed by atoms with E-state index in [-0.39, 0.29) is 26.0 Å². The summed E-state index contributed by atoms with van der Waals surface area (Å²) in [6, 6.07) is 18.9. The van der Waals surface area contributed by atoms with Gasteiger partial charge in [-0.2, -0.15) is 0 Å². The van der Waals surface area contributed by atoms with Gasteiger partial charge in [-0.15, -0.1) is 0 Å². The second kappa shape index (κ2) is 11.6. The normalized spacial score (nSPS) is 12.5. The van der Waals surface area contributed by atoms with Gasteiger partial charge in [0.05, 0.1) is 18.0 Å². The number of para-hydroxylation sites is 1. The lowest BCUT2D eigenvalue weighted by Crippen LogP contribution is -2.44. The molecule has 3 rings (SSSR count). The van der Waals surface area contributed by atoms with E-state index >= 15 is 0 Å². The quantitative estimate of drug-likeness (QED) is 0.370. The number of fused-ring (bicyclic) bond motifs is 1. The van der Waals surface area contributed by atoms with Gasteiger partial charge in [-0.1, -0.05) is 54.6 Å². The SMILES string of the molecule is O=C(C[C@@H](O)CNC(=O)OCc1ccccc1)N[C@H](Cc1ccc2ccccc2n1)C(=O)O. The number of amides is 2. The number of hydrogen-bond acceptors (Lipinski definition) is 6. The molecule has 4 N–H and O–H groups in total. The lowest BCUT2D eigenvalue weighted by Gasteiger charge is -2.16. The first kappa shape index (κ1) is 23.7. The third-order valence-electron chi connectivity index (χ3n) is 4.82. The topological polar surface area (TPSA) is 138 Å². The molecule has 0 saturated carbocycles. The zero-order valence-electron chi connectivity index (χ0n) is 17.8. The van der Waals surface area contributed by atoms with Crippen molar-refractivity contribution >= 4 is 28.9 Å². The molecule has 9 heteroatoms. The molecule has 0 bridgehead atoms. The molecule has 2 atom stereocenters. The van der Waals surface area contributed by atoms with Crippen molar-refractivity contribution in [3.05, 3.63) is 78.0 Å². The van der Waals surface area contributed by atoms with Crippen LogP contribution in [0.4, 0.5) is 4.79 Å². The molecule has 0 radical (unpaired) electrons. The number of carbonyl (C=O) groups is 3. The first-order chi connectivity index (χ1) is 15.9. The molecule has 0 aliphatic heterocycles. The fourth-order valence-corrected chi connectivity index (χ4v) is 3.15. The maximum atomic E-state index is 12.2. The minimum atomic E-state index is -1.21. The molecule has 0 fully saturated rings. The number of carbonyl (C=O) groups excluding carboxylic acids is 2. The predicted octanol–water partition coefficient (Wildman–Crippen LogP) is 2.02. The molecular weight excluding hydrogens is 426 g/mol. The third-order valence-corrected chi connectivity index (χ3v) is 4.82. The molecule has 9 nitrogen and oxygen atoms in total. The van der Waals surface area contributed by atoms with Crippen LogP contribution in [0.2, 0.25) is 0 Å². The van der Waals surface area contributed by atoms with Crippen LogP contribution in [-0.2, 0) is 27.4 Å². The summed E-state index contributed by atoms with van der Waals surface area (Å²) in [7, 11) is 0. The smallest absolute Gasteiger partial charge is 0.407 e. The number of hydrogen-bond donors (Lipinski definition) is 4. The first-order valence-corrected chi connectivity index (χ1v) is 10.4. The number of ether oxygens (including phenoxy) is 1. The van der Waals surface area contributed by atoms with Crippen molar-refractivity contribution in [2.45, 2.75) is 31.6 Å². The number of aliphatic hydroxyl groups is 1. The number of alkyl carbamates (subject to hydrolysis) is 1. The number of aliphatic hydroxyl groups excluding tert-OH is 1. The molecule has 0 aliphatic rings. The Labute approximate surface area is 190 Å². The number of benzene rings is 2. The highest BCUT2D eigenvalue weighted by molar-refractivity contribution is 5.84. The Morgan fingerprint density at radius 1 is 0.970 bits per heavy atom. The highest BCUT2D eigenvalue weighted by atomic mass is 16.5. The van der Waals surface area contributed by atoms with Gasteiger partial charge in [-0.05, 0) is 17.7 Å². The summed E-state index contributed by atoms with van der Waals surface area (Å²) in [4.78, 5) is 40.0. The van der Waals surface area contributed by atoms with Gasteiger partial charge in [0, 0.05) is 24.0 Å². The van der Waals surface area contributed by atoms with Crippen LogP contribution in [0.25, 0.3) is 10.9 Å². The van der Waals surface area contributed by atoms with Gasteiger partial charge in [-0.25, -0.2) is 9.59 Å². The zero-order chi connectivity index (χ0) is 23.6. The Morgan fingerprint density at radius 2 is 1.70 bits per heavy atom. The molecule has 2 aromatic carbocycles. The summed E-state index contributed by atoms with van der Waals surface area (Å²) in [6.07, 6.45) is -2.33. The molecule has 0 unspecified atom stereocenters. The maximum absolute atomic E-state index is 12.2. The second-order valence-corrected chi connectivity index (χ2v) is 7.46. The lowest BCUT2D eigenvalue weighted by atomic mass is 10.1. The highest BCUT2D eigenvalue weighted by Crippen LogP contribution is 2.13. The largest absolute Gasteiger partial charge is 0.480 e. The third kappa shape index (κ3) is 7.58. The number of pyridine rings is 1. The fourth-order valence-electron chi connectivity index (χ4n) is 3.15. The summed E-state index contributed by atoms with van der Waals surface area (Å²) < 4.78 is 5.03. The molecule has 3 aromatic rings. The summed E-state index contributed by atoms with van der Waals surface area (Å²) in [5.41, 5.74) is 2.06. The Balaban J connectivity index is 1.44. The van der Waals surface area contributed by atoms with Gasteiger partial charge in [0.2, 0.25) is 5.91 Å². The van der Waals surface area contributed by atoms with Crippen LogP contribution < -0.4 is 10.6 Å². The van der Waals surface area contributed by atoms with Crippen molar-refractivity contribution in [3.8, 4) is 0 Å². The minimum absolute atomic E-state index is 0.00787. The molecule has 0 aliphatic carbocycles. The fraction of sp³-hybridized carbons (Fsp3) is 0.250. The summed E-state index contributed by atoms with van der Waals surface area (Å²) in [5.74, 6) is -1.87. The standard InChI is InChI=1S/C24H25N3O6/c28-19(14-25-24(32)33-15-16-6-2-1-3-7-16)13-22(29)27-21(23(30)31)12-18-11-10-17-8-4-5-9-20(17)26-18/h1-11,19,21,28H,12-15H2,(H,25,32)(H,27,29)(H,30,31)/t19-,21-/m1/s1. The van der Waals surface area contributed by atoms with Crippen LogP contribution in [0.5, 0.6) is 0 Å². The average molecular weight is 451 g/mol. The van der Waals surface area contributed by atoms with E-state index in [9.17, 15) is 24.6 Å². The average Bonchev–Trinajstić information content (AvgIpc) is 2.81. The van der Waals surface area contributed by atoms with Crippen molar-refractivity contribution in [1.29, 1.82) is 0 Å². The van der Waals surface area contributed by atoms with Crippen LogP contribution in [0.1, 0.15) is 17.7 Å². The van der Waals surface area contributed by atoms with Gasteiger partial charge in [0.15, 0.2) is 0 Å². The lowest BCUT2D eigenvalue weighted by molar-refractivity contribution is -0.142. The van der Waals surface area contributed by atoms with E-state index in [0.29, 0.717) is 5.69 Å². The van der Waals surface area contributed by atoms with Crippen molar-refractivity contribution in [2.24, 2.45) is 0 Å². The predicted molar refractivity (Wildman–Crippen MR) is 120 cm³/mol. The van der Waals surface area contributed by atoms with E-state index in [1.54, 1.807) is 18.2 Å². The van der Waals surface area contributed by atoms with Gasteiger partial charge in [0.25, 0.3) is 0 Å². The molecule has 0 spiro atoms. The van der Waals surface area contributed by atoms with Crippen LogP contribution in [0, 0.1) is 0 Å². The Hall–Kier alpha value is -3.98. The number of rotatable bonds is 10. The van der Waals surface area contributed by atoms with Crippen molar-refractivity contribution in [2.75, 3.05) is 6.54 Å². The van der Waals surface area contributed by atoms with E-state index in [4.69, 9.17) is 4.74 Å². The Kier molecular flexibility index (Phi) is 8.31. The summed E-state index contributed by atoms with van der Waals surface area (Å²) in [5, 5.41) is 25.2. The van der Waals surface area contributed by atoms with Gasteiger partial charge in [0.1, 0.15) is 12.6 Å². The zero-order valence-corrected chi connectivity index (χ0v) is 17.8. The number of nitrogens with zero attached hydrogens (tertiary/aromatic N) is 1. The Bertz CT molecular complexity index is 1110. The molecule has 2 amide bonds. The van der Waals surface area contributed by atoms with E-state index in [2.05, 4.69) is 15.6 Å². The van der Waals surface area contributed by atoms with Crippen molar-refractivity contribution in [1.82, 2.24) is 15.6 Å². The number of carboxylic acids is 1. The van der Waals surface area contributed by atoms with Crippen LogP contribution >= 0.6 is 0 Å². The molecule has 1 aromatic heterocycles. The van der Waals surface area contributed by atoms with Crippen molar-refractivity contribution in [3.63, 3.8) is 0 Å². The maximum Gasteiger partial charge on any atom is 0.407 e. The van der Waals surface area contributed by atoms with Crippen LogP contribution in [-0.4, -0.2) is 51.9 Å². The summed E-state index contributed by atoms with van der Waals surface area (Å²) in [6.45, 7) is -0.142. The molecule has 172 valence electrons. The van der Waals surface area contributed by atoms with E-state index < -0.39 is 30.1 Å². The monoisotopic (exact) mass is 451 g/mol. The number of carboxylic acid groups (broad SMARTS) is 1. The van der Waals surface area contributed by atoms with Gasteiger partial charge in [-0.3, -0.25) is 9.78 Å². The molecule has 33 heavy (non-hydrogen) atoms. The van der Waals surface area contributed by atoms with Crippen LogP contribution in [0.3, 0.4) is 0 Å². The Morgan fingerprint density at radius 3 is 2.45 bits per heavy atom. The number of nitrogens with one attached hydrogen (secondary N) is 2.